The van der Waals surface area contributed by atoms with Gasteiger partial charge in [-0.1, -0.05) is 12.1 Å². The third kappa shape index (κ3) is 3.88. The Morgan fingerprint density at radius 2 is 1.97 bits per heavy atom. The number of amides is 1. The molecular weight excluding hydrogens is 440 g/mol. The molecule has 0 aliphatic heterocycles. The maximum absolute atomic E-state index is 12.5. The first-order chi connectivity index (χ1) is 17.0. The molecule has 5 aromatic rings. The molecule has 1 N–H and O–H groups in total. The maximum atomic E-state index is 12.5. The Labute approximate surface area is 202 Å². The van der Waals surface area contributed by atoms with Crippen molar-refractivity contribution in [3.8, 4) is 11.1 Å². The lowest BCUT2D eigenvalue weighted by Gasteiger charge is -2.15. The number of anilines is 2. The minimum absolute atomic E-state index is 0.0391. The second-order valence-corrected chi connectivity index (χ2v) is 9.31. The van der Waals surface area contributed by atoms with E-state index in [1.54, 1.807) is 16.9 Å². The molecule has 0 bridgehead atoms. The highest BCUT2D eigenvalue weighted by atomic mass is 16.2. The third-order valence-electron chi connectivity index (χ3n) is 6.54. The zero-order chi connectivity index (χ0) is 24.1. The van der Waals surface area contributed by atoms with Gasteiger partial charge in [0.2, 0.25) is 5.91 Å². The molecule has 176 valence electrons. The van der Waals surface area contributed by atoms with Crippen molar-refractivity contribution in [1.82, 2.24) is 29.2 Å². The number of nitrogens with zero attached hydrogens (tertiary/aromatic N) is 7. The molecule has 6 rings (SSSR count). The number of rotatable bonds is 6. The number of benzene rings is 1. The quantitative estimate of drug-likeness (QED) is 0.407. The minimum Gasteiger partial charge on any atom is -0.378 e. The predicted molar refractivity (Wildman–Crippen MR) is 135 cm³/mol. The Kier molecular flexibility index (Phi) is 4.98. The van der Waals surface area contributed by atoms with Crippen molar-refractivity contribution in [2.75, 3.05) is 24.3 Å². The lowest BCUT2D eigenvalue weighted by atomic mass is 10.1. The molecule has 9 nitrogen and oxygen atoms in total. The van der Waals surface area contributed by atoms with Crippen molar-refractivity contribution in [2.45, 2.75) is 25.7 Å². The minimum atomic E-state index is -0.170. The average molecular weight is 467 g/mol. The van der Waals surface area contributed by atoms with E-state index < -0.39 is 0 Å². The summed E-state index contributed by atoms with van der Waals surface area (Å²) in [5, 5.41) is 16.7. The molecule has 4 aromatic heterocycles. The lowest BCUT2D eigenvalue weighted by Crippen LogP contribution is -2.16. The van der Waals surface area contributed by atoms with Crippen LogP contribution in [0.2, 0.25) is 0 Å². The zero-order valence-electron chi connectivity index (χ0n) is 19.9. The predicted octanol–water partition coefficient (Wildman–Crippen LogP) is 4.01. The fourth-order valence-corrected chi connectivity index (χ4v) is 4.29. The van der Waals surface area contributed by atoms with E-state index in [-0.39, 0.29) is 17.7 Å². The summed E-state index contributed by atoms with van der Waals surface area (Å²) in [5.41, 5.74) is 6.17. The van der Waals surface area contributed by atoms with E-state index >= 15 is 0 Å². The van der Waals surface area contributed by atoms with E-state index in [1.165, 1.54) is 0 Å². The van der Waals surface area contributed by atoms with E-state index in [1.807, 2.05) is 37.6 Å². The Balaban J connectivity index is 1.40. The number of carbonyl (C=O) groups is 1. The van der Waals surface area contributed by atoms with Gasteiger partial charge in [0.1, 0.15) is 5.82 Å². The number of fused-ring (bicyclic) bond motifs is 2. The number of pyridine rings is 1. The van der Waals surface area contributed by atoms with E-state index in [2.05, 4.69) is 61.9 Å². The Bertz CT molecular complexity index is 1560. The largest absolute Gasteiger partial charge is 0.378 e. The highest BCUT2D eigenvalue weighted by Gasteiger charge is 2.30. The van der Waals surface area contributed by atoms with Gasteiger partial charge in [0.05, 0.1) is 17.3 Å². The van der Waals surface area contributed by atoms with Crippen LogP contribution >= 0.6 is 0 Å². The summed E-state index contributed by atoms with van der Waals surface area (Å²) in [7, 11) is 4.07. The second-order valence-electron chi connectivity index (χ2n) is 9.31. The standard InChI is InChI=1S/C26H26N8O/c1-16(21-14-22(28-26(35)17-7-8-17)25-27-11-12-34(25)31-21)24-30-29-23-10-9-19(15-33(23)24)18-5-4-6-20(13-18)32(2)3/h4-6,9-17H,7-8H2,1-3H3,(H,28,35). The van der Waals surface area contributed by atoms with Crippen molar-refractivity contribution in [2.24, 2.45) is 5.92 Å². The van der Waals surface area contributed by atoms with Crippen LogP contribution in [-0.4, -0.2) is 49.2 Å². The van der Waals surface area contributed by atoms with Crippen LogP contribution in [0.25, 0.3) is 22.4 Å². The summed E-state index contributed by atoms with van der Waals surface area (Å²) in [4.78, 5) is 18.9. The molecule has 1 fully saturated rings. The summed E-state index contributed by atoms with van der Waals surface area (Å²) >= 11 is 0. The number of hydrogen-bond acceptors (Lipinski definition) is 6. The summed E-state index contributed by atoms with van der Waals surface area (Å²) in [6.45, 7) is 2.05. The molecule has 1 aromatic carbocycles. The fraction of sp³-hybridized carbons (Fsp3) is 0.269. The molecule has 1 aliphatic carbocycles. The smallest absolute Gasteiger partial charge is 0.227 e. The van der Waals surface area contributed by atoms with Crippen LogP contribution in [0.4, 0.5) is 11.4 Å². The SMILES string of the molecule is CC(c1cc(NC(=O)C2CC2)c2nccn2n1)c1nnc2ccc(-c3cccc(N(C)C)c3)cn12. The van der Waals surface area contributed by atoms with Gasteiger partial charge in [-0.2, -0.15) is 5.10 Å². The van der Waals surface area contributed by atoms with E-state index in [4.69, 9.17) is 5.10 Å². The van der Waals surface area contributed by atoms with E-state index in [0.29, 0.717) is 11.3 Å². The van der Waals surface area contributed by atoms with Crippen LogP contribution in [0.5, 0.6) is 0 Å². The van der Waals surface area contributed by atoms with Gasteiger partial charge in [-0.05, 0) is 61.2 Å². The van der Waals surface area contributed by atoms with Crippen LogP contribution < -0.4 is 10.2 Å². The fourth-order valence-electron chi connectivity index (χ4n) is 4.29. The lowest BCUT2D eigenvalue weighted by molar-refractivity contribution is -0.117. The number of imidazole rings is 1. The van der Waals surface area contributed by atoms with Gasteiger partial charge in [0, 0.05) is 44.3 Å². The first kappa shape index (κ1) is 21.3. The van der Waals surface area contributed by atoms with Crippen molar-refractivity contribution < 1.29 is 4.79 Å². The van der Waals surface area contributed by atoms with E-state index in [9.17, 15) is 4.79 Å². The number of hydrogen-bond donors (Lipinski definition) is 1. The normalized spacial score (nSPS) is 14.4. The van der Waals surface area contributed by atoms with Crippen LogP contribution in [0.1, 0.15) is 37.2 Å². The molecule has 1 atom stereocenters. The van der Waals surface area contributed by atoms with Gasteiger partial charge in [-0.15, -0.1) is 10.2 Å². The molecule has 0 spiro atoms. The monoisotopic (exact) mass is 466 g/mol. The average Bonchev–Trinajstić information content (AvgIpc) is 3.47. The molecule has 35 heavy (non-hydrogen) atoms. The molecule has 9 heteroatoms. The molecule has 1 saturated carbocycles. The maximum Gasteiger partial charge on any atom is 0.227 e. The summed E-state index contributed by atoms with van der Waals surface area (Å²) in [6.07, 6.45) is 7.43. The molecule has 0 radical (unpaired) electrons. The molecule has 0 saturated heterocycles. The number of nitrogens with one attached hydrogen (secondary N) is 1. The van der Waals surface area contributed by atoms with Gasteiger partial charge in [-0.3, -0.25) is 9.20 Å². The van der Waals surface area contributed by atoms with Crippen LogP contribution in [0.15, 0.2) is 61.1 Å². The summed E-state index contributed by atoms with van der Waals surface area (Å²) in [6, 6.07) is 14.4. The van der Waals surface area contributed by atoms with Gasteiger partial charge >= 0.3 is 0 Å². The molecule has 1 unspecified atom stereocenters. The topological polar surface area (TPSA) is 92.7 Å². The van der Waals surface area contributed by atoms with Crippen LogP contribution in [0, 0.1) is 5.92 Å². The van der Waals surface area contributed by atoms with Gasteiger partial charge in [0.15, 0.2) is 11.3 Å². The zero-order valence-corrected chi connectivity index (χ0v) is 19.9. The van der Waals surface area contributed by atoms with E-state index in [0.717, 1.165) is 46.8 Å². The molecule has 1 aliphatic rings. The van der Waals surface area contributed by atoms with Crippen molar-refractivity contribution in [1.29, 1.82) is 0 Å². The first-order valence-electron chi connectivity index (χ1n) is 11.8. The number of aromatic nitrogens is 6. The highest BCUT2D eigenvalue weighted by molar-refractivity contribution is 5.97. The van der Waals surface area contributed by atoms with Gasteiger partial charge in [0.25, 0.3) is 0 Å². The van der Waals surface area contributed by atoms with Gasteiger partial charge < -0.3 is 10.2 Å². The summed E-state index contributed by atoms with van der Waals surface area (Å²) < 4.78 is 3.72. The first-order valence-corrected chi connectivity index (χ1v) is 11.8. The van der Waals surface area contributed by atoms with Crippen LogP contribution in [-0.2, 0) is 4.79 Å². The van der Waals surface area contributed by atoms with Crippen molar-refractivity contribution in [3.05, 3.63) is 72.6 Å². The molecular formula is C26H26N8O. The van der Waals surface area contributed by atoms with Gasteiger partial charge in [-0.25, -0.2) is 9.50 Å². The molecule has 1 amide bonds. The third-order valence-corrected chi connectivity index (χ3v) is 6.54. The second kappa shape index (κ2) is 8.19. The highest BCUT2D eigenvalue weighted by Crippen LogP contribution is 2.32. The Hall–Kier alpha value is -4.27. The summed E-state index contributed by atoms with van der Waals surface area (Å²) in [5.74, 6) is 0.745. The number of carbonyl (C=O) groups excluding carboxylic acids is 1. The Morgan fingerprint density at radius 3 is 2.77 bits per heavy atom. The molecule has 4 heterocycles. The van der Waals surface area contributed by atoms with Crippen LogP contribution in [0.3, 0.4) is 0 Å². The van der Waals surface area contributed by atoms with Crippen molar-refractivity contribution in [3.63, 3.8) is 0 Å². The Morgan fingerprint density at radius 1 is 1.11 bits per heavy atom. The van der Waals surface area contributed by atoms with Crippen molar-refractivity contribution >= 4 is 28.6 Å².